The van der Waals surface area contributed by atoms with Crippen molar-refractivity contribution in [1.82, 2.24) is 19.8 Å². The van der Waals surface area contributed by atoms with Crippen LogP contribution in [0.5, 0.6) is 0 Å². The molecule has 0 bridgehead atoms. The SMILES string of the molecule is CCNC(=NCCc1nccn1Cc1ccccc1)N1CCS(=O)(=O)C(C)(C)C1. The van der Waals surface area contributed by atoms with Crippen LogP contribution in [0.4, 0.5) is 0 Å². The lowest BCUT2D eigenvalue weighted by Crippen LogP contribution is -2.57. The van der Waals surface area contributed by atoms with Gasteiger partial charge in [-0.1, -0.05) is 30.3 Å². The van der Waals surface area contributed by atoms with Crippen LogP contribution >= 0.6 is 0 Å². The number of aliphatic imine (C=N–C) groups is 1. The molecule has 0 unspecified atom stereocenters. The number of guanidine groups is 1. The van der Waals surface area contributed by atoms with Crippen LogP contribution in [-0.2, 0) is 22.8 Å². The topological polar surface area (TPSA) is 79.6 Å². The maximum absolute atomic E-state index is 12.3. The van der Waals surface area contributed by atoms with Crippen LogP contribution in [0.1, 0.15) is 32.2 Å². The van der Waals surface area contributed by atoms with Crippen LogP contribution in [0.2, 0.25) is 0 Å². The van der Waals surface area contributed by atoms with Crippen molar-refractivity contribution < 1.29 is 8.42 Å². The maximum atomic E-state index is 12.3. The first-order valence-electron chi connectivity index (χ1n) is 10.1. The van der Waals surface area contributed by atoms with Crippen molar-refractivity contribution in [3.05, 3.63) is 54.1 Å². The molecular weight excluding hydrogens is 386 g/mol. The first-order chi connectivity index (χ1) is 13.8. The fraction of sp³-hybridized carbons (Fsp3) is 0.524. The summed E-state index contributed by atoms with van der Waals surface area (Å²) < 4.78 is 26.0. The molecular formula is C21H31N5O2S. The molecule has 1 aromatic carbocycles. The number of imidazole rings is 1. The van der Waals surface area contributed by atoms with Crippen LogP contribution in [0.15, 0.2) is 47.7 Å². The molecule has 8 heteroatoms. The number of rotatable bonds is 6. The number of hydrogen-bond donors (Lipinski definition) is 1. The molecule has 1 aliphatic rings. The number of sulfone groups is 1. The van der Waals surface area contributed by atoms with Gasteiger partial charge in [-0.15, -0.1) is 0 Å². The smallest absolute Gasteiger partial charge is 0.194 e. The number of hydrogen-bond acceptors (Lipinski definition) is 4. The van der Waals surface area contributed by atoms with E-state index in [1.54, 1.807) is 13.8 Å². The highest BCUT2D eigenvalue weighted by Crippen LogP contribution is 2.23. The molecule has 1 fully saturated rings. The second-order valence-corrected chi connectivity index (χ2v) is 10.7. The minimum absolute atomic E-state index is 0.159. The lowest BCUT2D eigenvalue weighted by molar-refractivity contribution is 0.353. The van der Waals surface area contributed by atoms with Crippen molar-refractivity contribution >= 4 is 15.8 Å². The predicted molar refractivity (Wildman–Crippen MR) is 117 cm³/mol. The predicted octanol–water partition coefficient (Wildman–Crippen LogP) is 1.95. The highest BCUT2D eigenvalue weighted by Gasteiger charge is 2.40. The third kappa shape index (κ3) is 5.18. The van der Waals surface area contributed by atoms with Crippen LogP contribution in [0.25, 0.3) is 0 Å². The molecule has 1 N–H and O–H groups in total. The second-order valence-electron chi connectivity index (χ2n) is 7.94. The normalized spacial score (nSPS) is 18.6. The molecule has 29 heavy (non-hydrogen) atoms. The number of nitrogens with one attached hydrogen (secondary N) is 1. The van der Waals surface area contributed by atoms with Gasteiger partial charge in [0, 0.05) is 51.5 Å². The molecule has 0 aliphatic carbocycles. The molecule has 1 aromatic heterocycles. The molecule has 2 aromatic rings. The van der Waals surface area contributed by atoms with Crippen LogP contribution < -0.4 is 5.32 Å². The van der Waals surface area contributed by atoms with Crippen molar-refractivity contribution in [1.29, 1.82) is 0 Å². The Labute approximate surface area is 173 Å². The van der Waals surface area contributed by atoms with Crippen molar-refractivity contribution in [2.45, 2.75) is 38.5 Å². The molecule has 7 nitrogen and oxygen atoms in total. The molecule has 3 rings (SSSR count). The van der Waals surface area contributed by atoms with Gasteiger partial charge >= 0.3 is 0 Å². The molecule has 0 spiro atoms. The Hall–Kier alpha value is -2.35. The van der Waals surface area contributed by atoms with Crippen LogP contribution in [-0.4, -0.2) is 65.5 Å². The summed E-state index contributed by atoms with van der Waals surface area (Å²) in [6.07, 6.45) is 4.55. The molecule has 158 valence electrons. The molecule has 0 amide bonds. The average molecular weight is 418 g/mol. The third-order valence-electron chi connectivity index (χ3n) is 5.27. The Morgan fingerprint density at radius 1 is 1.28 bits per heavy atom. The summed E-state index contributed by atoms with van der Waals surface area (Å²) in [6.45, 7) is 8.65. The van der Waals surface area contributed by atoms with E-state index in [1.165, 1.54) is 5.56 Å². The van der Waals surface area contributed by atoms with E-state index in [-0.39, 0.29) is 5.75 Å². The highest BCUT2D eigenvalue weighted by atomic mass is 32.2. The van der Waals surface area contributed by atoms with E-state index in [0.29, 0.717) is 19.6 Å². The Kier molecular flexibility index (Phi) is 6.62. The van der Waals surface area contributed by atoms with Gasteiger partial charge in [0.05, 0.1) is 10.5 Å². The van der Waals surface area contributed by atoms with E-state index in [2.05, 4.69) is 31.9 Å². The third-order valence-corrected chi connectivity index (χ3v) is 7.81. The zero-order valence-corrected chi connectivity index (χ0v) is 18.3. The molecule has 1 aliphatic heterocycles. The van der Waals surface area contributed by atoms with Gasteiger partial charge in [-0.3, -0.25) is 4.99 Å². The zero-order valence-electron chi connectivity index (χ0n) is 17.5. The van der Waals surface area contributed by atoms with Crippen molar-refractivity contribution in [3.8, 4) is 0 Å². The highest BCUT2D eigenvalue weighted by molar-refractivity contribution is 7.92. The summed E-state index contributed by atoms with van der Waals surface area (Å²) in [6, 6.07) is 10.3. The first kappa shape index (κ1) is 21.4. The zero-order chi connectivity index (χ0) is 20.9. The lowest BCUT2D eigenvalue weighted by atomic mass is 10.2. The largest absolute Gasteiger partial charge is 0.357 e. The number of nitrogens with zero attached hydrogens (tertiary/aromatic N) is 4. The van der Waals surface area contributed by atoms with Gasteiger partial charge in [-0.05, 0) is 26.3 Å². The summed E-state index contributed by atoms with van der Waals surface area (Å²) >= 11 is 0. The lowest BCUT2D eigenvalue weighted by Gasteiger charge is -2.39. The Morgan fingerprint density at radius 2 is 2.03 bits per heavy atom. The van der Waals surface area contributed by atoms with Crippen LogP contribution in [0.3, 0.4) is 0 Å². The van der Waals surface area contributed by atoms with Gasteiger partial charge in [0.1, 0.15) is 5.82 Å². The summed E-state index contributed by atoms with van der Waals surface area (Å²) in [5.41, 5.74) is 1.24. The fourth-order valence-electron chi connectivity index (χ4n) is 3.50. The average Bonchev–Trinajstić information content (AvgIpc) is 3.11. The number of aromatic nitrogens is 2. The monoisotopic (exact) mass is 417 g/mol. The summed E-state index contributed by atoms with van der Waals surface area (Å²) in [4.78, 5) is 11.3. The fourth-order valence-corrected chi connectivity index (χ4v) is 4.87. The molecule has 1 saturated heterocycles. The van der Waals surface area contributed by atoms with Crippen molar-refractivity contribution in [2.24, 2.45) is 4.99 Å². The molecule has 0 radical (unpaired) electrons. The van der Waals surface area contributed by atoms with Gasteiger partial charge in [0.15, 0.2) is 15.8 Å². The van der Waals surface area contributed by atoms with Crippen molar-refractivity contribution in [2.75, 3.05) is 31.9 Å². The Balaban J connectivity index is 1.66. The van der Waals surface area contributed by atoms with Crippen LogP contribution in [0, 0.1) is 0 Å². The summed E-state index contributed by atoms with van der Waals surface area (Å²) in [5.74, 6) is 1.93. The van der Waals surface area contributed by atoms with Crippen molar-refractivity contribution in [3.63, 3.8) is 0 Å². The minimum Gasteiger partial charge on any atom is -0.357 e. The summed E-state index contributed by atoms with van der Waals surface area (Å²) in [5, 5.41) is 3.31. The first-order valence-corrected chi connectivity index (χ1v) is 11.8. The second kappa shape index (κ2) is 8.98. The van der Waals surface area contributed by atoms with Gasteiger partial charge < -0.3 is 14.8 Å². The van der Waals surface area contributed by atoms with Gasteiger partial charge in [0.2, 0.25) is 0 Å². The quantitative estimate of drug-likeness (QED) is 0.574. The summed E-state index contributed by atoms with van der Waals surface area (Å²) in [7, 11) is -3.07. The van der Waals surface area contributed by atoms with E-state index < -0.39 is 14.6 Å². The molecule has 2 heterocycles. The Bertz CT molecular complexity index is 935. The molecule has 0 saturated carbocycles. The van der Waals surface area contributed by atoms with E-state index in [0.717, 1.165) is 31.3 Å². The minimum atomic E-state index is -3.07. The van der Waals surface area contributed by atoms with Gasteiger partial charge in [-0.2, -0.15) is 0 Å². The van der Waals surface area contributed by atoms with Gasteiger partial charge in [0.25, 0.3) is 0 Å². The van der Waals surface area contributed by atoms with E-state index in [1.807, 2.05) is 37.5 Å². The van der Waals surface area contributed by atoms with E-state index >= 15 is 0 Å². The molecule has 0 atom stereocenters. The standard InChI is InChI=1S/C21H31N5O2S/c1-4-22-20(26-14-15-29(27,28)21(2,3)17-26)24-11-10-19-23-12-13-25(19)16-18-8-6-5-7-9-18/h5-9,12-13H,4,10-11,14-17H2,1-3H3,(H,22,24). The van der Waals surface area contributed by atoms with E-state index in [9.17, 15) is 8.42 Å². The number of benzene rings is 1. The Morgan fingerprint density at radius 3 is 2.72 bits per heavy atom. The van der Waals surface area contributed by atoms with Gasteiger partial charge in [-0.25, -0.2) is 13.4 Å². The maximum Gasteiger partial charge on any atom is 0.194 e. The van der Waals surface area contributed by atoms with E-state index in [4.69, 9.17) is 4.99 Å².